The average Bonchev–Trinajstić information content (AvgIpc) is 2.60. The van der Waals surface area contributed by atoms with Gasteiger partial charge in [0.25, 0.3) is 0 Å². The summed E-state index contributed by atoms with van der Waals surface area (Å²) in [6.07, 6.45) is 0.365. The van der Waals surface area contributed by atoms with E-state index < -0.39 is 0 Å². The fourth-order valence-corrected chi connectivity index (χ4v) is 1.11. The molecule has 0 fully saturated rings. The summed E-state index contributed by atoms with van der Waals surface area (Å²) >= 11 is 0. The number of aryl methyl sites for hydroxylation is 1. The van der Waals surface area contributed by atoms with Gasteiger partial charge < -0.3 is 9.26 Å². The van der Waals surface area contributed by atoms with Gasteiger partial charge in [-0.2, -0.15) is 4.98 Å². The van der Waals surface area contributed by atoms with Crippen LogP contribution < -0.4 is 0 Å². The first-order valence-electron chi connectivity index (χ1n) is 4.66. The summed E-state index contributed by atoms with van der Waals surface area (Å²) in [5, 5.41) is 3.76. The number of carbonyl (C=O) groups excluding carboxylic acids is 1. The number of aromatic nitrogens is 2. The fraction of sp³-hybridized carbons (Fsp3) is 0.667. The number of rotatable bonds is 5. The van der Waals surface area contributed by atoms with E-state index in [1.807, 2.05) is 11.9 Å². The molecule has 1 aromatic heterocycles. The molecule has 0 spiro atoms. The predicted molar refractivity (Wildman–Crippen MR) is 52.0 cm³/mol. The van der Waals surface area contributed by atoms with Gasteiger partial charge in [0.2, 0.25) is 5.89 Å². The molecule has 0 aliphatic carbocycles. The second-order valence-electron chi connectivity index (χ2n) is 3.29. The molecule has 6 nitrogen and oxygen atoms in total. The smallest absolute Gasteiger partial charge is 0.306 e. The van der Waals surface area contributed by atoms with E-state index in [0.717, 1.165) is 0 Å². The summed E-state index contributed by atoms with van der Waals surface area (Å²) in [4.78, 5) is 16.9. The van der Waals surface area contributed by atoms with Crippen LogP contribution in [-0.4, -0.2) is 41.7 Å². The van der Waals surface area contributed by atoms with Gasteiger partial charge in [-0.3, -0.25) is 9.69 Å². The Bertz CT molecular complexity index is 324. The van der Waals surface area contributed by atoms with Crippen molar-refractivity contribution in [2.75, 3.05) is 20.7 Å². The normalized spacial score (nSPS) is 10.7. The summed E-state index contributed by atoms with van der Waals surface area (Å²) in [6, 6.07) is 0. The SMILES string of the molecule is COC(=O)CCN(C)Cc1noc(C)n1. The second kappa shape index (κ2) is 5.45. The van der Waals surface area contributed by atoms with Gasteiger partial charge in [0, 0.05) is 13.5 Å². The van der Waals surface area contributed by atoms with Crippen molar-refractivity contribution in [2.24, 2.45) is 0 Å². The molecule has 1 heterocycles. The molecule has 84 valence electrons. The third-order valence-corrected chi connectivity index (χ3v) is 1.91. The number of hydrogen-bond donors (Lipinski definition) is 0. The first-order valence-corrected chi connectivity index (χ1v) is 4.66. The molecule has 6 heteroatoms. The van der Waals surface area contributed by atoms with E-state index in [1.165, 1.54) is 7.11 Å². The summed E-state index contributed by atoms with van der Waals surface area (Å²) in [5.74, 6) is 0.956. The number of carbonyl (C=O) groups is 1. The molecule has 0 unspecified atom stereocenters. The van der Waals surface area contributed by atoms with Gasteiger partial charge in [-0.15, -0.1) is 0 Å². The topological polar surface area (TPSA) is 68.5 Å². The zero-order valence-electron chi connectivity index (χ0n) is 9.19. The van der Waals surface area contributed by atoms with Gasteiger partial charge in [0.15, 0.2) is 5.82 Å². The molecule has 0 radical (unpaired) electrons. The molecule has 0 aromatic carbocycles. The lowest BCUT2D eigenvalue weighted by Gasteiger charge is -2.12. The van der Waals surface area contributed by atoms with E-state index in [1.54, 1.807) is 6.92 Å². The molecule has 0 saturated carbocycles. The Hall–Kier alpha value is -1.43. The minimum Gasteiger partial charge on any atom is -0.469 e. The van der Waals surface area contributed by atoms with Crippen LogP contribution in [0.15, 0.2) is 4.52 Å². The Kier molecular flexibility index (Phi) is 4.23. The Balaban J connectivity index is 2.30. The van der Waals surface area contributed by atoms with Crippen LogP contribution in [0.2, 0.25) is 0 Å². The van der Waals surface area contributed by atoms with Crippen molar-refractivity contribution in [3.63, 3.8) is 0 Å². The molecule has 15 heavy (non-hydrogen) atoms. The summed E-state index contributed by atoms with van der Waals surface area (Å²) in [7, 11) is 3.26. The van der Waals surface area contributed by atoms with Crippen LogP contribution in [0.1, 0.15) is 18.1 Å². The van der Waals surface area contributed by atoms with Crippen LogP contribution in [0.4, 0.5) is 0 Å². The minimum atomic E-state index is -0.217. The van der Waals surface area contributed by atoms with Crippen LogP contribution in [0.3, 0.4) is 0 Å². The van der Waals surface area contributed by atoms with Crippen molar-refractivity contribution in [1.29, 1.82) is 0 Å². The molecular weight excluding hydrogens is 198 g/mol. The van der Waals surface area contributed by atoms with E-state index in [0.29, 0.717) is 31.2 Å². The molecule has 0 aliphatic rings. The van der Waals surface area contributed by atoms with Crippen LogP contribution in [0, 0.1) is 6.92 Å². The van der Waals surface area contributed by atoms with E-state index in [9.17, 15) is 4.79 Å². The van der Waals surface area contributed by atoms with Crippen molar-refractivity contribution >= 4 is 5.97 Å². The van der Waals surface area contributed by atoms with Crippen molar-refractivity contribution in [1.82, 2.24) is 15.0 Å². The van der Waals surface area contributed by atoms with E-state index in [4.69, 9.17) is 4.52 Å². The number of methoxy groups -OCH3 is 1. The highest BCUT2D eigenvalue weighted by Gasteiger charge is 2.08. The van der Waals surface area contributed by atoms with Gasteiger partial charge in [0.05, 0.1) is 20.1 Å². The highest BCUT2D eigenvalue weighted by molar-refractivity contribution is 5.69. The summed E-state index contributed by atoms with van der Waals surface area (Å²) in [6.45, 7) is 2.92. The average molecular weight is 213 g/mol. The second-order valence-corrected chi connectivity index (χ2v) is 3.29. The minimum absolute atomic E-state index is 0.217. The molecule has 0 atom stereocenters. The standard InChI is InChI=1S/C9H15N3O3/c1-7-10-8(11-15-7)6-12(2)5-4-9(13)14-3/h4-6H2,1-3H3. The largest absolute Gasteiger partial charge is 0.469 e. The molecule has 0 saturated heterocycles. The number of hydrogen-bond acceptors (Lipinski definition) is 6. The first kappa shape index (κ1) is 11.6. The van der Waals surface area contributed by atoms with E-state index >= 15 is 0 Å². The quantitative estimate of drug-likeness (QED) is 0.658. The fourth-order valence-electron chi connectivity index (χ4n) is 1.11. The number of ether oxygens (including phenoxy) is 1. The molecule has 0 aliphatic heterocycles. The maximum Gasteiger partial charge on any atom is 0.306 e. The molecule has 0 N–H and O–H groups in total. The lowest BCUT2D eigenvalue weighted by molar-refractivity contribution is -0.140. The molecule has 1 aromatic rings. The Morgan fingerprint density at radius 2 is 2.33 bits per heavy atom. The molecule has 0 amide bonds. The van der Waals surface area contributed by atoms with Gasteiger partial charge in [-0.25, -0.2) is 0 Å². The van der Waals surface area contributed by atoms with Crippen molar-refractivity contribution in [2.45, 2.75) is 19.9 Å². The van der Waals surface area contributed by atoms with Gasteiger partial charge in [0.1, 0.15) is 0 Å². The zero-order chi connectivity index (χ0) is 11.3. The summed E-state index contributed by atoms with van der Waals surface area (Å²) < 4.78 is 9.37. The lowest BCUT2D eigenvalue weighted by Crippen LogP contribution is -2.22. The van der Waals surface area contributed by atoms with Crippen molar-refractivity contribution in [3.05, 3.63) is 11.7 Å². The van der Waals surface area contributed by atoms with E-state index in [2.05, 4.69) is 14.9 Å². The van der Waals surface area contributed by atoms with Crippen LogP contribution in [0.25, 0.3) is 0 Å². The highest BCUT2D eigenvalue weighted by atomic mass is 16.5. The highest BCUT2D eigenvalue weighted by Crippen LogP contribution is 2.00. The predicted octanol–water partition coefficient (Wildman–Crippen LogP) is 0.373. The zero-order valence-corrected chi connectivity index (χ0v) is 9.19. The molecule has 0 bridgehead atoms. The first-order chi connectivity index (χ1) is 7.11. The summed E-state index contributed by atoms with van der Waals surface area (Å²) in [5.41, 5.74) is 0. The van der Waals surface area contributed by atoms with Gasteiger partial charge >= 0.3 is 5.97 Å². The van der Waals surface area contributed by atoms with Crippen LogP contribution >= 0.6 is 0 Å². The van der Waals surface area contributed by atoms with Crippen molar-refractivity contribution < 1.29 is 14.1 Å². The van der Waals surface area contributed by atoms with Crippen LogP contribution in [0.5, 0.6) is 0 Å². The lowest BCUT2D eigenvalue weighted by atomic mass is 10.4. The van der Waals surface area contributed by atoms with Gasteiger partial charge in [-0.05, 0) is 7.05 Å². The Morgan fingerprint density at radius 1 is 1.60 bits per heavy atom. The van der Waals surface area contributed by atoms with Crippen LogP contribution in [-0.2, 0) is 16.1 Å². The number of nitrogens with zero attached hydrogens (tertiary/aromatic N) is 3. The van der Waals surface area contributed by atoms with E-state index in [-0.39, 0.29) is 5.97 Å². The molecular formula is C9H15N3O3. The van der Waals surface area contributed by atoms with Crippen molar-refractivity contribution in [3.8, 4) is 0 Å². The third-order valence-electron chi connectivity index (χ3n) is 1.91. The maximum absolute atomic E-state index is 10.9. The maximum atomic E-state index is 10.9. The monoisotopic (exact) mass is 213 g/mol. The number of esters is 1. The molecule has 1 rings (SSSR count). The Labute approximate surface area is 88.2 Å². The van der Waals surface area contributed by atoms with Gasteiger partial charge in [-0.1, -0.05) is 5.16 Å². The Morgan fingerprint density at radius 3 is 2.87 bits per heavy atom. The third kappa shape index (κ3) is 4.07.